The molecule has 0 saturated heterocycles. The Labute approximate surface area is 176 Å². The van der Waals surface area contributed by atoms with Gasteiger partial charge in [-0.25, -0.2) is 4.79 Å². The molecule has 2 aromatic carbocycles. The quantitative estimate of drug-likeness (QED) is 0.274. The Balaban J connectivity index is 2.12. The number of Topliss-reactive ketones (excluding diaryl/α,β-unsaturated/α-hetero) is 1. The summed E-state index contributed by atoms with van der Waals surface area (Å²) in [6.07, 6.45) is 0. The molecule has 0 fully saturated rings. The summed E-state index contributed by atoms with van der Waals surface area (Å²) in [6.45, 7) is 3.90. The maximum absolute atomic E-state index is 12.6. The fourth-order valence-electron chi connectivity index (χ4n) is 3.16. The van der Waals surface area contributed by atoms with Crippen molar-refractivity contribution in [2.24, 2.45) is 11.8 Å². The lowest BCUT2D eigenvalue weighted by Gasteiger charge is -2.25. The van der Waals surface area contributed by atoms with E-state index >= 15 is 0 Å². The lowest BCUT2D eigenvalue weighted by Crippen LogP contribution is -2.34. The standard InChI is InChI=1S/C24H26O6/c1-16(21(17(2)25)23(27)29-14-19-10-6-4-7-11-19)22(18(3)26)24(28)30-15-20-12-8-5-9-13-20/h4-13,16,21,26H,14-15H2,1-3H3/p-1/b22-18+. The van der Waals surface area contributed by atoms with Crippen LogP contribution in [0.3, 0.4) is 0 Å². The van der Waals surface area contributed by atoms with Crippen molar-refractivity contribution in [2.75, 3.05) is 0 Å². The fourth-order valence-corrected chi connectivity index (χ4v) is 3.16. The van der Waals surface area contributed by atoms with Crippen LogP contribution in [0.1, 0.15) is 31.9 Å². The van der Waals surface area contributed by atoms with Gasteiger partial charge >= 0.3 is 11.9 Å². The monoisotopic (exact) mass is 409 g/mol. The highest BCUT2D eigenvalue weighted by Gasteiger charge is 2.36. The maximum atomic E-state index is 12.6. The fraction of sp³-hybridized carbons (Fsp3) is 0.292. The van der Waals surface area contributed by atoms with E-state index in [0.717, 1.165) is 11.1 Å². The van der Waals surface area contributed by atoms with E-state index in [0.29, 0.717) is 0 Å². The van der Waals surface area contributed by atoms with Crippen LogP contribution in [0.2, 0.25) is 0 Å². The number of hydrogen-bond donors (Lipinski definition) is 0. The van der Waals surface area contributed by atoms with Crippen molar-refractivity contribution in [2.45, 2.75) is 34.0 Å². The van der Waals surface area contributed by atoms with Crippen LogP contribution < -0.4 is 5.11 Å². The number of rotatable bonds is 9. The molecule has 0 spiro atoms. The molecule has 0 bridgehead atoms. The zero-order valence-electron chi connectivity index (χ0n) is 17.3. The molecule has 0 aliphatic carbocycles. The number of carbonyl (C=O) groups is 3. The van der Waals surface area contributed by atoms with Crippen molar-refractivity contribution in [3.05, 3.63) is 83.1 Å². The predicted molar refractivity (Wildman–Crippen MR) is 109 cm³/mol. The second-order valence-corrected chi connectivity index (χ2v) is 7.00. The number of allylic oxidation sites excluding steroid dienone is 1. The van der Waals surface area contributed by atoms with Gasteiger partial charge in [-0.05, 0) is 18.1 Å². The maximum Gasteiger partial charge on any atom is 0.333 e. The molecule has 0 amide bonds. The number of hydrogen-bond acceptors (Lipinski definition) is 6. The zero-order valence-corrected chi connectivity index (χ0v) is 17.3. The minimum atomic E-state index is -1.28. The van der Waals surface area contributed by atoms with Crippen molar-refractivity contribution < 1.29 is 29.0 Å². The molecule has 6 nitrogen and oxygen atoms in total. The van der Waals surface area contributed by atoms with Crippen LogP contribution in [0.15, 0.2) is 72.0 Å². The van der Waals surface area contributed by atoms with E-state index in [1.165, 1.54) is 20.8 Å². The van der Waals surface area contributed by atoms with Gasteiger partial charge in [0.05, 0.1) is 0 Å². The van der Waals surface area contributed by atoms with Crippen LogP contribution in [0.5, 0.6) is 0 Å². The Morgan fingerprint density at radius 3 is 1.73 bits per heavy atom. The molecule has 158 valence electrons. The van der Waals surface area contributed by atoms with Crippen molar-refractivity contribution in [3.63, 3.8) is 0 Å². The lowest BCUT2D eigenvalue weighted by atomic mass is 9.84. The molecule has 2 aromatic rings. The lowest BCUT2D eigenvalue weighted by molar-refractivity contribution is -0.304. The highest BCUT2D eigenvalue weighted by Crippen LogP contribution is 2.26. The van der Waals surface area contributed by atoms with Gasteiger partial charge in [0.1, 0.15) is 24.9 Å². The van der Waals surface area contributed by atoms with Crippen LogP contribution >= 0.6 is 0 Å². The number of benzene rings is 2. The van der Waals surface area contributed by atoms with Crippen LogP contribution in [-0.2, 0) is 37.1 Å². The zero-order chi connectivity index (χ0) is 22.1. The van der Waals surface area contributed by atoms with Crippen LogP contribution in [0, 0.1) is 11.8 Å². The Morgan fingerprint density at radius 2 is 1.30 bits per heavy atom. The molecule has 0 aliphatic rings. The third kappa shape index (κ3) is 6.30. The first-order valence-corrected chi connectivity index (χ1v) is 9.61. The van der Waals surface area contributed by atoms with Gasteiger partial charge in [-0.3, -0.25) is 9.59 Å². The van der Waals surface area contributed by atoms with E-state index in [2.05, 4.69) is 0 Å². The van der Waals surface area contributed by atoms with E-state index < -0.39 is 35.3 Å². The third-order valence-electron chi connectivity index (χ3n) is 4.68. The minimum absolute atomic E-state index is 0.00989. The summed E-state index contributed by atoms with van der Waals surface area (Å²) in [4.78, 5) is 37.4. The van der Waals surface area contributed by atoms with Gasteiger partial charge in [0.2, 0.25) is 0 Å². The molecule has 0 aliphatic heterocycles. The summed E-state index contributed by atoms with van der Waals surface area (Å²) in [6, 6.07) is 18.0. The summed E-state index contributed by atoms with van der Waals surface area (Å²) < 4.78 is 10.5. The molecule has 0 N–H and O–H groups in total. The molecular formula is C24H25O6-. The molecule has 2 rings (SSSR count). The molecule has 2 atom stereocenters. The van der Waals surface area contributed by atoms with Gasteiger partial charge in [0.15, 0.2) is 0 Å². The SMILES string of the molecule is CC(=O)C(C(=O)OCc1ccccc1)C(C)/C(C(=O)OCc1ccccc1)=C(/C)[O-]. The highest BCUT2D eigenvalue weighted by atomic mass is 16.5. The molecular weight excluding hydrogens is 384 g/mol. The smallest absolute Gasteiger partial charge is 0.333 e. The van der Waals surface area contributed by atoms with Gasteiger partial charge in [-0.2, -0.15) is 0 Å². The predicted octanol–water partition coefficient (Wildman–Crippen LogP) is 2.95. The molecule has 30 heavy (non-hydrogen) atoms. The van der Waals surface area contributed by atoms with E-state index in [1.54, 1.807) is 48.5 Å². The number of ether oxygens (including phenoxy) is 2. The van der Waals surface area contributed by atoms with E-state index in [-0.39, 0.29) is 18.8 Å². The van der Waals surface area contributed by atoms with E-state index in [9.17, 15) is 19.5 Å². The van der Waals surface area contributed by atoms with Gasteiger partial charge in [-0.1, -0.05) is 74.5 Å². The number of ketones is 1. The van der Waals surface area contributed by atoms with E-state index in [1.807, 2.05) is 12.1 Å². The number of esters is 2. The van der Waals surface area contributed by atoms with Crippen LogP contribution in [0.25, 0.3) is 0 Å². The third-order valence-corrected chi connectivity index (χ3v) is 4.68. The van der Waals surface area contributed by atoms with Gasteiger partial charge in [-0.15, -0.1) is 5.76 Å². The summed E-state index contributed by atoms with van der Waals surface area (Å²) in [5, 5.41) is 12.2. The van der Waals surface area contributed by atoms with Crippen molar-refractivity contribution in [1.29, 1.82) is 0 Å². The Kier molecular flexibility index (Phi) is 8.35. The largest absolute Gasteiger partial charge is 0.875 e. The van der Waals surface area contributed by atoms with Crippen LogP contribution in [0.4, 0.5) is 0 Å². The summed E-state index contributed by atoms with van der Waals surface area (Å²) in [5.74, 6) is -4.93. The Bertz CT molecular complexity index is 898. The number of carbonyl (C=O) groups excluding carboxylic acids is 3. The molecule has 2 unspecified atom stereocenters. The summed E-state index contributed by atoms with van der Waals surface area (Å²) in [7, 11) is 0. The average molecular weight is 409 g/mol. The molecule has 0 saturated carbocycles. The first-order chi connectivity index (χ1) is 14.3. The summed E-state index contributed by atoms with van der Waals surface area (Å²) in [5.41, 5.74) is 1.29. The van der Waals surface area contributed by atoms with Crippen molar-refractivity contribution >= 4 is 17.7 Å². The van der Waals surface area contributed by atoms with Crippen LogP contribution in [-0.4, -0.2) is 17.7 Å². The molecule has 0 radical (unpaired) electrons. The Morgan fingerprint density at radius 1 is 0.833 bits per heavy atom. The van der Waals surface area contributed by atoms with Crippen molar-refractivity contribution in [3.8, 4) is 0 Å². The second-order valence-electron chi connectivity index (χ2n) is 7.00. The van der Waals surface area contributed by atoms with Gasteiger partial charge in [0.25, 0.3) is 0 Å². The second kappa shape index (κ2) is 11.0. The highest BCUT2D eigenvalue weighted by molar-refractivity contribution is 6.00. The average Bonchev–Trinajstić information content (AvgIpc) is 2.72. The van der Waals surface area contributed by atoms with Gasteiger partial charge in [0, 0.05) is 11.5 Å². The first kappa shape index (κ1) is 22.9. The Hall–Kier alpha value is -3.41. The van der Waals surface area contributed by atoms with Crippen molar-refractivity contribution in [1.82, 2.24) is 0 Å². The normalized spacial score (nSPS) is 13.6. The molecule has 0 heterocycles. The topological polar surface area (TPSA) is 92.7 Å². The van der Waals surface area contributed by atoms with Gasteiger partial charge < -0.3 is 14.6 Å². The molecule has 0 aromatic heterocycles. The molecule has 6 heteroatoms. The summed E-state index contributed by atoms with van der Waals surface area (Å²) >= 11 is 0. The van der Waals surface area contributed by atoms with E-state index in [4.69, 9.17) is 9.47 Å². The first-order valence-electron chi connectivity index (χ1n) is 9.61. The minimum Gasteiger partial charge on any atom is -0.875 e.